The first-order chi connectivity index (χ1) is 14.0. The van der Waals surface area contributed by atoms with Gasteiger partial charge < -0.3 is 20.5 Å². The van der Waals surface area contributed by atoms with Crippen molar-refractivity contribution < 1.29 is 24.2 Å². The molecule has 3 rings (SSSR count). The molecule has 148 valence electrons. The number of aromatic carboxylic acids is 1. The van der Waals surface area contributed by atoms with Crippen LogP contribution in [-0.2, 0) is 6.54 Å². The van der Waals surface area contributed by atoms with Crippen molar-refractivity contribution in [1.29, 1.82) is 0 Å². The lowest BCUT2D eigenvalue weighted by Crippen LogP contribution is -2.24. The van der Waals surface area contributed by atoms with Crippen molar-refractivity contribution in [2.45, 2.75) is 6.54 Å². The quantitative estimate of drug-likeness (QED) is 0.552. The van der Waals surface area contributed by atoms with Crippen molar-refractivity contribution in [2.24, 2.45) is 0 Å². The number of amides is 2. The molecule has 8 heteroatoms. The Morgan fingerprint density at radius 3 is 2.21 bits per heavy atom. The van der Waals surface area contributed by atoms with Crippen molar-refractivity contribution in [1.82, 2.24) is 5.32 Å². The van der Waals surface area contributed by atoms with Gasteiger partial charge in [0.15, 0.2) is 0 Å². The Balaban J connectivity index is 1.63. The van der Waals surface area contributed by atoms with Crippen LogP contribution in [0, 0.1) is 0 Å². The maximum Gasteiger partial charge on any atom is 0.335 e. The van der Waals surface area contributed by atoms with Crippen LogP contribution < -0.4 is 15.4 Å². The van der Waals surface area contributed by atoms with E-state index in [1.807, 2.05) is 0 Å². The van der Waals surface area contributed by atoms with Crippen LogP contribution in [0.5, 0.6) is 5.75 Å². The Morgan fingerprint density at radius 1 is 0.931 bits per heavy atom. The third kappa shape index (κ3) is 4.99. The van der Waals surface area contributed by atoms with Crippen LogP contribution in [0.1, 0.15) is 36.6 Å². The molecule has 1 aromatic heterocycles. The van der Waals surface area contributed by atoms with Gasteiger partial charge in [-0.3, -0.25) is 9.59 Å². The van der Waals surface area contributed by atoms with Gasteiger partial charge in [-0.25, -0.2) is 4.79 Å². The molecule has 0 unspecified atom stereocenters. The van der Waals surface area contributed by atoms with Crippen LogP contribution in [0.2, 0.25) is 0 Å². The first-order valence-electron chi connectivity index (χ1n) is 8.60. The zero-order valence-electron chi connectivity index (χ0n) is 15.5. The lowest BCUT2D eigenvalue weighted by Gasteiger charge is -2.09. The van der Waals surface area contributed by atoms with Gasteiger partial charge in [-0.2, -0.15) is 0 Å². The second kappa shape index (κ2) is 9.03. The van der Waals surface area contributed by atoms with Gasteiger partial charge >= 0.3 is 5.97 Å². The molecule has 1 heterocycles. The number of carboxylic acid groups (broad SMARTS) is 1. The van der Waals surface area contributed by atoms with Crippen LogP contribution in [0.4, 0.5) is 5.69 Å². The van der Waals surface area contributed by atoms with E-state index < -0.39 is 5.97 Å². The van der Waals surface area contributed by atoms with Crippen molar-refractivity contribution in [3.05, 3.63) is 81.5 Å². The number of carboxylic acids is 1. The number of ether oxygens (including phenoxy) is 1. The molecule has 0 saturated heterocycles. The van der Waals surface area contributed by atoms with E-state index >= 15 is 0 Å². The largest absolute Gasteiger partial charge is 0.497 e. The maximum atomic E-state index is 12.5. The second-order valence-corrected chi connectivity index (χ2v) is 6.81. The molecule has 3 N–H and O–H groups in total. The summed E-state index contributed by atoms with van der Waals surface area (Å²) in [4.78, 5) is 35.8. The summed E-state index contributed by atoms with van der Waals surface area (Å²) in [6.07, 6.45) is 0. The molecule has 3 aromatic rings. The van der Waals surface area contributed by atoms with Gasteiger partial charge in [-0.1, -0.05) is 12.1 Å². The lowest BCUT2D eigenvalue weighted by molar-refractivity contribution is 0.0696. The summed E-state index contributed by atoms with van der Waals surface area (Å²) in [7, 11) is 1.55. The Morgan fingerprint density at radius 2 is 1.59 bits per heavy atom. The molecule has 7 nitrogen and oxygen atoms in total. The van der Waals surface area contributed by atoms with Crippen molar-refractivity contribution in [2.75, 3.05) is 12.4 Å². The number of methoxy groups -OCH3 is 1. The Hall–Kier alpha value is -3.65. The fraction of sp³-hybridized carbons (Fsp3) is 0.0952. The van der Waals surface area contributed by atoms with Gasteiger partial charge in [-0.15, -0.1) is 11.3 Å². The fourth-order valence-corrected chi connectivity index (χ4v) is 3.31. The maximum absolute atomic E-state index is 12.5. The van der Waals surface area contributed by atoms with E-state index in [1.165, 1.54) is 23.5 Å². The SMILES string of the molecule is COc1ccc(C(=O)Nc2cscc2C(=O)NCc2ccc(C(=O)O)cc2)cc1. The molecule has 0 spiro atoms. The predicted octanol–water partition coefficient (Wildman–Crippen LogP) is 3.64. The zero-order valence-corrected chi connectivity index (χ0v) is 16.3. The molecule has 0 aliphatic rings. The molecule has 2 aromatic carbocycles. The van der Waals surface area contributed by atoms with Gasteiger partial charge in [0, 0.05) is 22.9 Å². The third-order valence-electron chi connectivity index (χ3n) is 4.16. The van der Waals surface area contributed by atoms with Crippen molar-refractivity contribution in [3.63, 3.8) is 0 Å². The number of anilines is 1. The normalized spacial score (nSPS) is 10.2. The third-order valence-corrected chi connectivity index (χ3v) is 4.90. The van der Waals surface area contributed by atoms with Crippen LogP contribution in [0.25, 0.3) is 0 Å². The number of nitrogens with one attached hydrogen (secondary N) is 2. The smallest absolute Gasteiger partial charge is 0.335 e. The highest BCUT2D eigenvalue weighted by Gasteiger charge is 2.15. The number of benzene rings is 2. The first-order valence-corrected chi connectivity index (χ1v) is 9.54. The van der Waals surface area contributed by atoms with E-state index in [0.29, 0.717) is 22.6 Å². The molecule has 0 atom stereocenters. The highest BCUT2D eigenvalue weighted by Crippen LogP contribution is 2.22. The van der Waals surface area contributed by atoms with Crippen LogP contribution >= 0.6 is 11.3 Å². The number of thiophene rings is 1. The Bertz CT molecular complexity index is 1030. The molecule has 0 bridgehead atoms. The highest BCUT2D eigenvalue weighted by atomic mass is 32.1. The first kappa shape index (κ1) is 20.1. The second-order valence-electron chi connectivity index (χ2n) is 6.07. The number of hydrogen-bond donors (Lipinski definition) is 3. The van der Waals surface area contributed by atoms with E-state index in [-0.39, 0.29) is 23.9 Å². The minimum Gasteiger partial charge on any atom is -0.497 e. The highest BCUT2D eigenvalue weighted by molar-refractivity contribution is 7.08. The summed E-state index contributed by atoms with van der Waals surface area (Å²) in [5.41, 5.74) is 2.18. The number of rotatable bonds is 7. The molecule has 0 radical (unpaired) electrons. The van der Waals surface area contributed by atoms with Crippen molar-refractivity contribution >= 4 is 34.8 Å². The van der Waals surface area contributed by atoms with Gasteiger partial charge in [0.1, 0.15) is 5.75 Å². The molecule has 0 aliphatic heterocycles. The van der Waals surface area contributed by atoms with Crippen LogP contribution in [-0.4, -0.2) is 30.0 Å². The summed E-state index contributed by atoms with van der Waals surface area (Å²) in [6.45, 7) is 0.237. The van der Waals surface area contributed by atoms with E-state index in [9.17, 15) is 14.4 Å². The fourth-order valence-electron chi connectivity index (χ4n) is 2.55. The van der Waals surface area contributed by atoms with Gasteiger partial charge in [0.2, 0.25) is 0 Å². The minimum absolute atomic E-state index is 0.182. The van der Waals surface area contributed by atoms with Crippen molar-refractivity contribution in [3.8, 4) is 5.75 Å². The molecular weight excluding hydrogens is 392 g/mol. The van der Waals surface area contributed by atoms with Gasteiger partial charge in [-0.05, 0) is 42.0 Å². The minimum atomic E-state index is -1.00. The molecule has 2 amide bonds. The summed E-state index contributed by atoms with van der Waals surface area (Å²) in [5.74, 6) is -1.02. The molecular formula is C21H18N2O5S. The van der Waals surface area contributed by atoms with Crippen LogP contribution in [0.15, 0.2) is 59.3 Å². The summed E-state index contributed by atoms with van der Waals surface area (Å²) < 4.78 is 5.07. The van der Waals surface area contributed by atoms with Crippen LogP contribution in [0.3, 0.4) is 0 Å². The molecule has 29 heavy (non-hydrogen) atoms. The topological polar surface area (TPSA) is 105 Å². The summed E-state index contributed by atoms with van der Waals surface area (Å²) >= 11 is 1.30. The Kier molecular flexibility index (Phi) is 6.25. The molecule has 0 fully saturated rings. The van der Waals surface area contributed by atoms with Gasteiger partial charge in [0.25, 0.3) is 11.8 Å². The number of carbonyl (C=O) groups excluding carboxylic acids is 2. The zero-order chi connectivity index (χ0) is 20.8. The van der Waals surface area contributed by atoms with E-state index in [4.69, 9.17) is 9.84 Å². The average molecular weight is 410 g/mol. The standard InChI is InChI=1S/C21H18N2O5S/c1-28-16-8-6-14(7-9-16)19(24)23-18-12-29-11-17(18)20(25)22-10-13-2-4-15(5-3-13)21(26)27/h2-9,11-12H,10H2,1H3,(H,22,25)(H,23,24)(H,26,27). The average Bonchev–Trinajstić information content (AvgIpc) is 3.20. The molecule has 0 aliphatic carbocycles. The summed E-state index contributed by atoms with van der Waals surface area (Å²) in [5, 5.41) is 17.8. The van der Waals surface area contributed by atoms with Gasteiger partial charge in [0.05, 0.1) is 23.9 Å². The predicted molar refractivity (Wildman–Crippen MR) is 110 cm³/mol. The molecule has 0 saturated carbocycles. The monoisotopic (exact) mass is 410 g/mol. The number of hydrogen-bond acceptors (Lipinski definition) is 5. The van der Waals surface area contributed by atoms with E-state index in [0.717, 1.165) is 5.56 Å². The summed E-state index contributed by atoms with van der Waals surface area (Å²) in [6, 6.07) is 12.9. The van der Waals surface area contributed by atoms with E-state index in [1.54, 1.807) is 54.3 Å². The Labute approximate surface area is 171 Å². The number of carbonyl (C=O) groups is 3. The lowest BCUT2D eigenvalue weighted by atomic mass is 10.1. The van der Waals surface area contributed by atoms with E-state index in [2.05, 4.69) is 10.6 Å².